The van der Waals surface area contributed by atoms with E-state index >= 15 is 0 Å². The molecule has 12 heteroatoms. The van der Waals surface area contributed by atoms with Gasteiger partial charge >= 0.3 is 18.2 Å². The first-order valence-corrected chi connectivity index (χ1v) is 10.5. The van der Waals surface area contributed by atoms with Crippen LogP contribution >= 0.6 is 12.4 Å². The van der Waals surface area contributed by atoms with E-state index in [2.05, 4.69) is 0 Å². The monoisotopic (exact) mass is 524 g/mol. The van der Waals surface area contributed by atoms with Gasteiger partial charge in [0, 0.05) is 7.05 Å². The number of alkyl halides is 3. The Morgan fingerprint density at radius 3 is 2.19 bits per heavy atom. The number of halogens is 4. The predicted octanol–water partition coefficient (Wildman–Crippen LogP) is 3.82. The molecule has 3 amide bonds. The number of nitrogens with two attached hydrogens (primary N) is 1. The van der Waals surface area contributed by atoms with Crippen LogP contribution in [0.2, 0.25) is 0 Å². The first-order valence-electron chi connectivity index (χ1n) is 10.5. The Morgan fingerprint density at radius 2 is 1.72 bits per heavy atom. The number of likely N-dealkylation sites (N-methyl/N-ethyl adjacent to an activating group) is 1. The molecule has 2 aromatic rings. The van der Waals surface area contributed by atoms with Crippen molar-refractivity contribution in [2.75, 3.05) is 19.1 Å². The van der Waals surface area contributed by atoms with Crippen molar-refractivity contribution >= 4 is 36.0 Å². The maximum absolute atomic E-state index is 14.2. The van der Waals surface area contributed by atoms with E-state index < -0.39 is 57.9 Å². The number of hydrogen-bond acceptors (Lipinski definition) is 6. The van der Waals surface area contributed by atoms with E-state index in [1.54, 1.807) is 32.0 Å². The van der Waals surface area contributed by atoms with Crippen molar-refractivity contribution in [1.29, 1.82) is 5.26 Å². The zero-order chi connectivity index (χ0) is 26.3. The normalized spacial score (nSPS) is 19.6. The molecule has 2 N–H and O–H groups in total. The summed E-state index contributed by atoms with van der Waals surface area (Å²) < 4.78 is 45.8. The van der Waals surface area contributed by atoms with E-state index in [0.717, 1.165) is 24.1 Å². The summed E-state index contributed by atoms with van der Waals surface area (Å²) >= 11 is 0. The maximum Gasteiger partial charge on any atom is 0.417 e. The first-order chi connectivity index (χ1) is 16.3. The van der Waals surface area contributed by atoms with Crippen LogP contribution in [0.5, 0.6) is 0 Å². The van der Waals surface area contributed by atoms with Gasteiger partial charge in [-0.2, -0.15) is 18.4 Å². The second kappa shape index (κ2) is 9.79. The summed E-state index contributed by atoms with van der Waals surface area (Å²) in [5.41, 5.74) is 0.143. The number of rotatable bonds is 5. The Hall–Kier alpha value is -3.62. The molecule has 3 rings (SSSR count). The number of amides is 3. The highest BCUT2D eigenvalue weighted by Crippen LogP contribution is 2.49. The van der Waals surface area contributed by atoms with E-state index in [0.29, 0.717) is 11.0 Å². The summed E-state index contributed by atoms with van der Waals surface area (Å²) in [6, 6.07) is 10.7. The largest absolute Gasteiger partial charge is 0.468 e. The van der Waals surface area contributed by atoms with Crippen molar-refractivity contribution < 1.29 is 32.3 Å². The fourth-order valence-corrected chi connectivity index (χ4v) is 4.58. The van der Waals surface area contributed by atoms with Crippen LogP contribution in [0.15, 0.2) is 48.5 Å². The van der Waals surface area contributed by atoms with Crippen molar-refractivity contribution in [3.05, 3.63) is 65.2 Å². The number of carbonyl (C=O) groups excluding carboxylic acids is 3. The SMILES string of the molecule is COC(=O)C(N)(C(C)C)C1(c2ccccc2)C(=O)N(c2ccc(C#N)c(C(F)(F)F)c2)C(=O)N1C.Cl. The molecule has 1 aliphatic rings. The molecule has 1 aliphatic heterocycles. The smallest absolute Gasteiger partial charge is 0.417 e. The van der Waals surface area contributed by atoms with E-state index in [1.165, 1.54) is 25.2 Å². The molecule has 1 saturated heterocycles. The summed E-state index contributed by atoms with van der Waals surface area (Å²) in [4.78, 5) is 42.2. The summed E-state index contributed by atoms with van der Waals surface area (Å²) in [7, 11) is 2.33. The van der Waals surface area contributed by atoms with Gasteiger partial charge in [-0.25, -0.2) is 14.5 Å². The van der Waals surface area contributed by atoms with Crippen molar-refractivity contribution in [2.24, 2.45) is 11.7 Å². The zero-order valence-corrected chi connectivity index (χ0v) is 20.6. The van der Waals surface area contributed by atoms with Gasteiger partial charge in [0.25, 0.3) is 5.91 Å². The van der Waals surface area contributed by atoms with Crippen molar-refractivity contribution in [1.82, 2.24) is 4.90 Å². The summed E-state index contributed by atoms with van der Waals surface area (Å²) in [5, 5.41) is 9.10. The van der Waals surface area contributed by atoms with Gasteiger partial charge in [0.05, 0.1) is 30.0 Å². The Bertz CT molecular complexity index is 1230. The number of benzene rings is 2. The number of imide groups is 1. The lowest BCUT2D eigenvalue weighted by Gasteiger charge is -2.47. The maximum atomic E-state index is 14.2. The highest BCUT2D eigenvalue weighted by atomic mass is 35.5. The summed E-state index contributed by atoms with van der Waals surface area (Å²) in [6.45, 7) is 3.14. The fourth-order valence-electron chi connectivity index (χ4n) is 4.58. The fraction of sp³-hybridized carbons (Fsp3) is 0.333. The number of anilines is 1. The zero-order valence-electron chi connectivity index (χ0n) is 19.8. The number of nitrogens with zero attached hydrogens (tertiary/aromatic N) is 3. The van der Waals surface area contributed by atoms with Crippen LogP contribution in [-0.2, 0) is 26.0 Å². The van der Waals surface area contributed by atoms with Gasteiger partial charge in [0.15, 0.2) is 11.1 Å². The summed E-state index contributed by atoms with van der Waals surface area (Å²) in [6.07, 6.45) is -4.92. The average Bonchev–Trinajstić information content (AvgIpc) is 3.03. The van der Waals surface area contributed by atoms with Crippen LogP contribution in [-0.4, -0.2) is 42.5 Å². The van der Waals surface area contributed by atoms with Crippen LogP contribution in [0, 0.1) is 17.2 Å². The molecule has 2 aromatic carbocycles. The number of esters is 1. The molecule has 0 spiro atoms. The van der Waals surface area contributed by atoms with Crippen LogP contribution in [0.25, 0.3) is 0 Å². The molecule has 0 saturated carbocycles. The number of methoxy groups -OCH3 is 1. The highest BCUT2D eigenvalue weighted by molar-refractivity contribution is 6.25. The van der Waals surface area contributed by atoms with E-state index in [1.807, 2.05) is 0 Å². The predicted molar refractivity (Wildman–Crippen MR) is 126 cm³/mol. The molecule has 192 valence electrons. The van der Waals surface area contributed by atoms with Crippen LogP contribution in [0.3, 0.4) is 0 Å². The van der Waals surface area contributed by atoms with Gasteiger partial charge in [0.2, 0.25) is 0 Å². The number of nitriles is 1. The van der Waals surface area contributed by atoms with Crippen LogP contribution < -0.4 is 10.6 Å². The number of hydrogen-bond donors (Lipinski definition) is 1. The lowest BCUT2D eigenvalue weighted by atomic mass is 9.65. The molecule has 2 unspecified atom stereocenters. The Kier molecular flexibility index (Phi) is 7.78. The lowest BCUT2D eigenvalue weighted by Crippen LogP contribution is -2.73. The van der Waals surface area contributed by atoms with Gasteiger partial charge < -0.3 is 15.4 Å². The topological polar surface area (TPSA) is 117 Å². The van der Waals surface area contributed by atoms with E-state index in [9.17, 15) is 27.6 Å². The van der Waals surface area contributed by atoms with E-state index in [-0.39, 0.29) is 18.0 Å². The third-order valence-electron chi connectivity index (χ3n) is 6.41. The molecular weight excluding hydrogens is 501 g/mol. The minimum atomic E-state index is -4.92. The van der Waals surface area contributed by atoms with Gasteiger partial charge in [0.1, 0.15) is 0 Å². The van der Waals surface area contributed by atoms with Gasteiger partial charge in [-0.1, -0.05) is 44.2 Å². The molecular formula is C24H24ClF3N4O4. The number of carbonyl (C=O) groups is 3. The Morgan fingerprint density at radius 1 is 1.14 bits per heavy atom. The summed E-state index contributed by atoms with van der Waals surface area (Å²) in [5.74, 6) is -2.78. The molecule has 0 aromatic heterocycles. The van der Waals surface area contributed by atoms with Gasteiger partial charge in [-0.3, -0.25) is 4.79 Å². The quantitative estimate of drug-likeness (QED) is 0.469. The van der Waals surface area contributed by atoms with E-state index in [4.69, 9.17) is 15.7 Å². The molecule has 2 atom stereocenters. The minimum Gasteiger partial charge on any atom is -0.468 e. The number of urea groups is 1. The first kappa shape index (κ1) is 28.6. The average molecular weight is 525 g/mol. The second-order valence-electron chi connectivity index (χ2n) is 8.41. The molecule has 1 heterocycles. The van der Waals surface area contributed by atoms with Crippen molar-refractivity contribution in [3.8, 4) is 6.07 Å². The Balaban J connectivity index is 0.00000456. The highest BCUT2D eigenvalue weighted by Gasteiger charge is 2.71. The molecule has 0 radical (unpaired) electrons. The van der Waals surface area contributed by atoms with Crippen molar-refractivity contribution in [2.45, 2.75) is 31.1 Å². The minimum absolute atomic E-state index is 0. The molecule has 8 nitrogen and oxygen atoms in total. The van der Waals surface area contributed by atoms with Gasteiger partial charge in [-0.05, 0) is 29.7 Å². The molecule has 0 aliphatic carbocycles. The number of ether oxygens (including phenoxy) is 1. The molecule has 36 heavy (non-hydrogen) atoms. The van der Waals surface area contributed by atoms with Crippen LogP contribution in [0.1, 0.15) is 30.5 Å². The third-order valence-corrected chi connectivity index (χ3v) is 6.41. The Labute approximate surface area is 211 Å². The molecule has 1 fully saturated rings. The lowest BCUT2D eigenvalue weighted by molar-refractivity contribution is -0.159. The van der Waals surface area contributed by atoms with Crippen molar-refractivity contribution in [3.63, 3.8) is 0 Å². The second-order valence-corrected chi connectivity index (χ2v) is 8.41. The standard InChI is InChI=1S/C24H23F3N4O4.ClH/c1-14(2)22(29,20(33)35-4)23(16-8-6-5-7-9-16)19(32)31(21(34)30(23)3)17-11-10-15(13-28)18(12-17)24(25,26)27;/h5-12,14H,29H2,1-4H3;1H. The van der Waals surface area contributed by atoms with Gasteiger partial charge in [-0.15, -0.1) is 12.4 Å². The molecule has 0 bridgehead atoms. The third kappa shape index (κ3) is 3.86. The van der Waals surface area contributed by atoms with Crippen LogP contribution in [0.4, 0.5) is 23.7 Å².